The molecule has 1 N–H and O–H groups in total. The van der Waals surface area contributed by atoms with E-state index in [9.17, 15) is 9.59 Å². The van der Waals surface area contributed by atoms with Gasteiger partial charge in [0.05, 0.1) is 5.52 Å². The first-order chi connectivity index (χ1) is 14.7. The van der Waals surface area contributed by atoms with Crippen LogP contribution in [-0.2, 0) is 9.59 Å². The maximum Gasteiger partial charge on any atom is 0.327 e. The highest BCUT2D eigenvalue weighted by atomic mass is 16.3. The Morgan fingerprint density at radius 3 is 2.42 bits per heavy atom. The molecule has 3 amide bonds. The predicted molar refractivity (Wildman–Crippen MR) is 119 cm³/mol. The summed E-state index contributed by atoms with van der Waals surface area (Å²) in [7, 11) is 1.61. The van der Waals surface area contributed by atoms with Crippen LogP contribution in [0, 0.1) is 12.8 Å². The zero-order valence-electron chi connectivity index (χ0n) is 18.5. The van der Waals surface area contributed by atoms with Crippen LogP contribution in [-0.4, -0.2) is 70.5 Å². The molecule has 166 valence electrons. The standard InChI is InChI=1S/C22H28N4O2.CH2O2/c1-15(2)14-26-21(28)24(4)20(27)22(26)9-11-25(12-10-22)19-13-16(3)23-18-8-6-5-7-17(18)19;2-1-3/h5-8,13,15H,9-12,14H2,1-4H3;1H,(H,2,3). The highest BCUT2D eigenvalue weighted by molar-refractivity contribution is 6.07. The second-order valence-electron chi connectivity index (χ2n) is 8.58. The van der Waals surface area contributed by atoms with Crippen molar-refractivity contribution in [3.8, 4) is 0 Å². The number of rotatable bonds is 3. The minimum absolute atomic E-state index is 0.0476. The minimum atomic E-state index is -0.690. The number of fused-ring (bicyclic) bond motifs is 1. The molecule has 2 aliphatic heterocycles. The molecule has 0 aliphatic carbocycles. The summed E-state index contributed by atoms with van der Waals surface area (Å²) in [4.78, 5) is 44.2. The first-order valence-corrected chi connectivity index (χ1v) is 10.5. The Hall–Kier alpha value is -3.16. The first kappa shape index (κ1) is 22.5. The monoisotopic (exact) mass is 426 g/mol. The summed E-state index contributed by atoms with van der Waals surface area (Å²) in [6, 6.07) is 10.1. The van der Waals surface area contributed by atoms with Crippen LogP contribution in [0.1, 0.15) is 32.4 Å². The van der Waals surface area contributed by atoms with Crippen LogP contribution < -0.4 is 4.90 Å². The number of piperidine rings is 1. The van der Waals surface area contributed by atoms with E-state index >= 15 is 0 Å². The molecule has 2 aliphatic rings. The number of hydrogen-bond donors (Lipinski definition) is 1. The molecule has 8 heteroatoms. The van der Waals surface area contributed by atoms with Gasteiger partial charge < -0.3 is 14.9 Å². The molecule has 1 aromatic heterocycles. The van der Waals surface area contributed by atoms with Crippen molar-refractivity contribution in [2.24, 2.45) is 5.92 Å². The molecule has 2 saturated heterocycles. The van der Waals surface area contributed by atoms with E-state index in [0.717, 1.165) is 29.7 Å². The number of imide groups is 1. The third-order valence-corrected chi connectivity index (χ3v) is 6.04. The number of urea groups is 1. The van der Waals surface area contributed by atoms with Crippen molar-refractivity contribution in [1.29, 1.82) is 0 Å². The summed E-state index contributed by atoms with van der Waals surface area (Å²) in [5.74, 6) is 0.276. The quantitative estimate of drug-likeness (QED) is 0.599. The molecular formula is C23H30N4O4. The van der Waals surface area contributed by atoms with Gasteiger partial charge in [0.1, 0.15) is 5.54 Å². The maximum absolute atomic E-state index is 13.0. The van der Waals surface area contributed by atoms with Gasteiger partial charge in [0.2, 0.25) is 0 Å². The minimum Gasteiger partial charge on any atom is -0.483 e. The van der Waals surface area contributed by atoms with Crippen molar-refractivity contribution in [2.45, 2.75) is 39.2 Å². The van der Waals surface area contributed by atoms with E-state index in [0.29, 0.717) is 25.3 Å². The Balaban J connectivity index is 0.000000858. The summed E-state index contributed by atoms with van der Waals surface area (Å²) < 4.78 is 0. The van der Waals surface area contributed by atoms with Crippen LogP contribution in [0.25, 0.3) is 10.9 Å². The van der Waals surface area contributed by atoms with Crippen LogP contribution in [0.15, 0.2) is 30.3 Å². The van der Waals surface area contributed by atoms with E-state index in [-0.39, 0.29) is 18.4 Å². The number of anilines is 1. The first-order valence-electron chi connectivity index (χ1n) is 10.5. The number of likely N-dealkylation sites (N-methyl/N-ethyl adjacent to an activating group) is 1. The Kier molecular flexibility index (Phi) is 6.48. The van der Waals surface area contributed by atoms with Gasteiger partial charge in [0.15, 0.2) is 0 Å². The molecule has 1 aromatic carbocycles. The highest BCUT2D eigenvalue weighted by Crippen LogP contribution is 2.39. The van der Waals surface area contributed by atoms with Gasteiger partial charge in [-0.2, -0.15) is 0 Å². The van der Waals surface area contributed by atoms with Crippen molar-refractivity contribution >= 4 is 35.0 Å². The third kappa shape index (κ3) is 4.06. The lowest BCUT2D eigenvalue weighted by atomic mass is 9.85. The lowest BCUT2D eigenvalue weighted by molar-refractivity contribution is -0.133. The highest BCUT2D eigenvalue weighted by Gasteiger charge is 2.56. The molecule has 0 atom stereocenters. The van der Waals surface area contributed by atoms with E-state index in [1.807, 2.05) is 30.0 Å². The van der Waals surface area contributed by atoms with Crippen LogP contribution in [0.5, 0.6) is 0 Å². The summed E-state index contributed by atoms with van der Waals surface area (Å²) in [6.45, 7) is 8.05. The summed E-state index contributed by atoms with van der Waals surface area (Å²) >= 11 is 0. The molecule has 2 aromatic rings. The molecule has 0 radical (unpaired) electrons. The largest absolute Gasteiger partial charge is 0.483 e. The number of hydrogen-bond acceptors (Lipinski definition) is 5. The fourth-order valence-corrected chi connectivity index (χ4v) is 4.65. The van der Waals surface area contributed by atoms with Crippen LogP contribution in [0.2, 0.25) is 0 Å². The molecule has 4 rings (SSSR count). The number of pyridine rings is 1. The number of para-hydroxylation sites is 1. The molecule has 0 unspecified atom stereocenters. The fourth-order valence-electron chi connectivity index (χ4n) is 4.65. The predicted octanol–water partition coefficient (Wildman–Crippen LogP) is 3.13. The Morgan fingerprint density at radius 2 is 1.81 bits per heavy atom. The topological polar surface area (TPSA) is 94.1 Å². The second-order valence-corrected chi connectivity index (χ2v) is 8.58. The van der Waals surface area contributed by atoms with Gasteiger partial charge in [-0.25, -0.2) is 4.79 Å². The van der Waals surface area contributed by atoms with Crippen LogP contribution in [0.4, 0.5) is 10.5 Å². The molecule has 8 nitrogen and oxygen atoms in total. The van der Waals surface area contributed by atoms with E-state index in [1.54, 1.807) is 7.05 Å². The molecular weight excluding hydrogens is 396 g/mol. The average Bonchev–Trinajstić information content (AvgIpc) is 2.90. The molecule has 1 spiro atoms. The fraction of sp³-hybridized carbons (Fsp3) is 0.478. The zero-order valence-corrected chi connectivity index (χ0v) is 18.5. The number of benzene rings is 1. The van der Waals surface area contributed by atoms with Gasteiger partial charge >= 0.3 is 6.03 Å². The number of carbonyl (C=O) groups is 3. The van der Waals surface area contributed by atoms with E-state index in [1.165, 1.54) is 10.6 Å². The number of carbonyl (C=O) groups excluding carboxylic acids is 2. The molecule has 0 bridgehead atoms. The number of aromatic nitrogens is 1. The maximum atomic E-state index is 13.0. The van der Waals surface area contributed by atoms with Gasteiger partial charge in [-0.1, -0.05) is 32.0 Å². The number of carboxylic acid groups (broad SMARTS) is 1. The van der Waals surface area contributed by atoms with Gasteiger partial charge in [0, 0.05) is 43.4 Å². The van der Waals surface area contributed by atoms with Crippen molar-refractivity contribution in [2.75, 3.05) is 31.6 Å². The van der Waals surface area contributed by atoms with Crippen molar-refractivity contribution in [3.05, 3.63) is 36.0 Å². The lowest BCUT2D eigenvalue weighted by Crippen LogP contribution is -2.57. The summed E-state index contributed by atoms with van der Waals surface area (Å²) in [5, 5.41) is 8.02. The molecule has 0 saturated carbocycles. The lowest BCUT2D eigenvalue weighted by Gasteiger charge is -2.43. The number of amides is 3. The Bertz CT molecular complexity index is 983. The normalized spacial score (nSPS) is 18.0. The number of aryl methyl sites for hydroxylation is 1. The number of nitrogens with zero attached hydrogens (tertiary/aromatic N) is 4. The molecule has 3 heterocycles. The van der Waals surface area contributed by atoms with Crippen molar-refractivity contribution < 1.29 is 19.5 Å². The zero-order chi connectivity index (χ0) is 22.8. The van der Waals surface area contributed by atoms with Crippen molar-refractivity contribution in [1.82, 2.24) is 14.8 Å². The van der Waals surface area contributed by atoms with Crippen molar-refractivity contribution in [3.63, 3.8) is 0 Å². The van der Waals surface area contributed by atoms with E-state index < -0.39 is 5.54 Å². The Labute approximate surface area is 182 Å². The summed E-state index contributed by atoms with van der Waals surface area (Å²) in [6.07, 6.45) is 1.31. The van der Waals surface area contributed by atoms with E-state index in [4.69, 9.17) is 9.90 Å². The van der Waals surface area contributed by atoms with Crippen LogP contribution >= 0.6 is 0 Å². The van der Waals surface area contributed by atoms with Gasteiger partial charge in [-0.05, 0) is 37.8 Å². The smallest absolute Gasteiger partial charge is 0.327 e. The molecule has 31 heavy (non-hydrogen) atoms. The van der Waals surface area contributed by atoms with E-state index in [2.05, 4.69) is 35.9 Å². The third-order valence-electron chi connectivity index (χ3n) is 6.04. The van der Waals surface area contributed by atoms with Gasteiger partial charge in [0.25, 0.3) is 12.4 Å². The second kappa shape index (κ2) is 8.91. The van der Waals surface area contributed by atoms with Gasteiger partial charge in [-0.15, -0.1) is 0 Å². The SMILES string of the molecule is Cc1cc(N2CCC3(CC2)C(=O)N(C)C(=O)N3CC(C)C)c2ccccc2n1.O=CO. The molecule has 2 fully saturated rings. The van der Waals surface area contributed by atoms with Crippen LogP contribution in [0.3, 0.4) is 0 Å². The average molecular weight is 427 g/mol. The summed E-state index contributed by atoms with van der Waals surface area (Å²) in [5.41, 5.74) is 2.46. The Morgan fingerprint density at radius 1 is 1.19 bits per heavy atom. The van der Waals surface area contributed by atoms with Gasteiger partial charge in [-0.3, -0.25) is 19.5 Å².